The first-order valence-corrected chi connectivity index (χ1v) is 5.40. The van der Waals surface area contributed by atoms with Crippen LogP contribution in [-0.2, 0) is 0 Å². The molecule has 0 heterocycles. The van der Waals surface area contributed by atoms with Crippen molar-refractivity contribution in [2.45, 2.75) is 25.5 Å². The summed E-state index contributed by atoms with van der Waals surface area (Å²) in [6.45, 7) is 4.13. The lowest BCUT2D eigenvalue weighted by molar-refractivity contribution is 0.250. The van der Waals surface area contributed by atoms with Gasteiger partial charge in [0.2, 0.25) is 0 Å². The highest BCUT2D eigenvalue weighted by Crippen LogP contribution is 2.17. The fourth-order valence-corrected chi connectivity index (χ4v) is 1.93. The molecule has 0 saturated carbocycles. The zero-order valence-corrected chi connectivity index (χ0v) is 8.92. The van der Waals surface area contributed by atoms with E-state index >= 15 is 0 Å². The standard InChI is InChI=1S/C8H18N2O2S/c1-3-7(8(9)10-12)13-5-6(2)4-11/h6-7,11-12H,3-5H2,1-2H3,(H2,9,10). The average Bonchev–Trinajstić information content (AvgIpc) is 2.17. The van der Waals surface area contributed by atoms with E-state index < -0.39 is 0 Å². The number of amidine groups is 1. The third-order valence-electron chi connectivity index (χ3n) is 1.71. The van der Waals surface area contributed by atoms with Crippen molar-refractivity contribution < 1.29 is 10.3 Å². The van der Waals surface area contributed by atoms with Gasteiger partial charge in [-0.15, -0.1) is 0 Å². The monoisotopic (exact) mass is 206 g/mol. The molecule has 0 aliphatic heterocycles. The van der Waals surface area contributed by atoms with Gasteiger partial charge in [-0.3, -0.25) is 0 Å². The first-order valence-electron chi connectivity index (χ1n) is 4.35. The molecular formula is C8H18N2O2S. The molecule has 0 aliphatic rings. The Morgan fingerprint density at radius 3 is 2.62 bits per heavy atom. The maximum Gasteiger partial charge on any atom is 0.152 e. The molecular weight excluding hydrogens is 188 g/mol. The van der Waals surface area contributed by atoms with Crippen molar-refractivity contribution in [2.75, 3.05) is 12.4 Å². The number of aliphatic hydroxyl groups excluding tert-OH is 1. The van der Waals surface area contributed by atoms with Gasteiger partial charge in [-0.05, 0) is 18.1 Å². The van der Waals surface area contributed by atoms with Gasteiger partial charge in [-0.2, -0.15) is 11.8 Å². The summed E-state index contributed by atoms with van der Waals surface area (Å²) < 4.78 is 0. The molecule has 0 aliphatic carbocycles. The van der Waals surface area contributed by atoms with Gasteiger partial charge in [0.15, 0.2) is 5.84 Å². The number of aliphatic hydroxyl groups is 1. The second-order valence-corrected chi connectivity index (χ2v) is 4.28. The van der Waals surface area contributed by atoms with Crippen molar-refractivity contribution in [3.63, 3.8) is 0 Å². The van der Waals surface area contributed by atoms with Gasteiger partial charge in [-0.1, -0.05) is 19.0 Å². The van der Waals surface area contributed by atoms with E-state index in [1.165, 1.54) is 0 Å². The summed E-state index contributed by atoms with van der Waals surface area (Å²) in [5, 5.41) is 20.3. The molecule has 2 atom stereocenters. The minimum Gasteiger partial charge on any atom is -0.409 e. The zero-order chi connectivity index (χ0) is 10.3. The second-order valence-electron chi connectivity index (χ2n) is 3.04. The fraction of sp³-hybridized carbons (Fsp3) is 0.875. The van der Waals surface area contributed by atoms with E-state index in [4.69, 9.17) is 16.0 Å². The normalized spacial score (nSPS) is 17.0. The summed E-state index contributed by atoms with van der Waals surface area (Å²) in [5.74, 6) is 1.34. The minimum atomic E-state index is 0.0546. The predicted molar refractivity (Wildman–Crippen MR) is 56.2 cm³/mol. The summed E-state index contributed by atoms with van der Waals surface area (Å²) in [7, 11) is 0. The predicted octanol–water partition coefficient (Wildman–Crippen LogP) is 0.873. The molecule has 78 valence electrons. The van der Waals surface area contributed by atoms with Crippen LogP contribution in [0.3, 0.4) is 0 Å². The molecule has 13 heavy (non-hydrogen) atoms. The van der Waals surface area contributed by atoms with Gasteiger partial charge in [0.1, 0.15) is 0 Å². The maximum absolute atomic E-state index is 8.79. The first kappa shape index (κ1) is 12.6. The van der Waals surface area contributed by atoms with Crippen LogP contribution >= 0.6 is 11.8 Å². The van der Waals surface area contributed by atoms with E-state index in [2.05, 4.69) is 5.16 Å². The number of nitrogens with zero attached hydrogens (tertiary/aromatic N) is 1. The summed E-state index contributed by atoms with van der Waals surface area (Å²) in [5.41, 5.74) is 5.47. The fourth-order valence-electron chi connectivity index (χ4n) is 0.810. The molecule has 5 heteroatoms. The van der Waals surface area contributed by atoms with Crippen LogP contribution in [0.4, 0.5) is 0 Å². The van der Waals surface area contributed by atoms with Crippen LogP contribution in [-0.4, -0.2) is 33.8 Å². The lowest BCUT2D eigenvalue weighted by atomic mass is 10.2. The SMILES string of the molecule is CCC(SCC(C)CO)C(N)=NO. The van der Waals surface area contributed by atoms with E-state index in [-0.39, 0.29) is 23.6 Å². The highest BCUT2D eigenvalue weighted by atomic mass is 32.2. The van der Waals surface area contributed by atoms with E-state index in [0.717, 1.165) is 12.2 Å². The number of thioether (sulfide) groups is 1. The first-order chi connectivity index (χ1) is 6.15. The average molecular weight is 206 g/mol. The van der Waals surface area contributed by atoms with E-state index in [1.807, 2.05) is 13.8 Å². The van der Waals surface area contributed by atoms with E-state index in [1.54, 1.807) is 11.8 Å². The van der Waals surface area contributed by atoms with Crippen molar-refractivity contribution in [1.82, 2.24) is 0 Å². The summed E-state index contributed by atoms with van der Waals surface area (Å²) >= 11 is 1.61. The van der Waals surface area contributed by atoms with Crippen molar-refractivity contribution in [3.8, 4) is 0 Å². The highest BCUT2D eigenvalue weighted by molar-refractivity contribution is 8.00. The van der Waals surface area contributed by atoms with Crippen LogP contribution in [0.25, 0.3) is 0 Å². The lowest BCUT2D eigenvalue weighted by Crippen LogP contribution is -2.26. The molecule has 0 radical (unpaired) electrons. The highest BCUT2D eigenvalue weighted by Gasteiger charge is 2.13. The molecule has 0 saturated heterocycles. The minimum absolute atomic E-state index is 0.0546. The van der Waals surface area contributed by atoms with Gasteiger partial charge in [0.05, 0.1) is 5.25 Å². The Labute approximate surface area is 83.2 Å². The number of hydrogen-bond acceptors (Lipinski definition) is 4. The van der Waals surface area contributed by atoms with Crippen molar-refractivity contribution in [2.24, 2.45) is 16.8 Å². The van der Waals surface area contributed by atoms with Crippen LogP contribution in [0.2, 0.25) is 0 Å². The number of rotatable bonds is 6. The van der Waals surface area contributed by atoms with Crippen LogP contribution < -0.4 is 5.73 Å². The van der Waals surface area contributed by atoms with E-state index in [9.17, 15) is 0 Å². The van der Waals surface area contributed by atoms with Crippen LogP contribution in [0.5, 0.6) is 0 Å². The van der Waals surface area contributed by atoms with E-state index in [0.29, 0.717) is 0 Å². The molecule has 0 aromatic heterocycles. The Hall–Kier alpha value is -0.420. The Balaban J connectivity index is 3.85. The number of nitrogens with two attached hydrogens (primary N) is 1. The van der Waals surface area contributed by atoms with Crippen LogP contribution in [0.15, 0.2) is 5.16 Å². The second kappa shape index (κ2) is 7.03. The maximum atomic E-state index is 8.79. The molecule has 0 aromatic carbocycles. The summed E-state index contributed by atoms with van der Waals surface area (Å²) in [6, 6.07) is 0. The molecule has 4 N–H and O–H groups in total. The quantitative estimate of drug-likeness (QED) is 0.261. The smallest absolute Gasteiger partial charge is 0.152 e. The zero-order valence-electron chi connectivity index (χ0n) is 8.10. The molecule has 0 bridgehead atoms. The largest absolute Gasteiger partial charge is 0.409 e. The topological polar surface area (TPSA) is 78.8 Å². The number of hydrogen-bond donors (Lipinski definition) is 3. The van der Waals surface area contributed by atoms with Crippen molar-refractivity contribution >= 4 is 17.6 Å². The molecule has 0 fully saturated rings. The molecule has 4 nitrogen and oxygen atoms in total. The van der Waals surface area contributed by atoms with Gasteiger partial charge in [-0.25, -0.2) is 0 Å². The van der Waals surface area contributed by atoms with Crippen molar-refractivity contribution in [3.05, 3.63) is 0 Å². The lowest BCUT2D eigenvalue weighted by Gasteiger charge is -2.14. The molecule has 0 spiro atoms. The van der Waals surface area contributed by atoms with Crippen LogP contribution in [0.1, 0.15) is 20.3 Å². The third kappa shape index (κ3) is 5.00. The summed E-state index contributed by atoms with van der Waals surface area (Å²) in [4.78, 5) is 0. The molecule has 2 unspecified atom stereocenters. The number of oxime groups is 1. The van der Waals surface area contributed by atoms with Gasteiger partial charge < -0.3 is 16.0 Å². The Morgan fingerprint density at radius 2 is 2.23 bits per heavy atom. The molecule has 0 rings (SSSR count). The van der Waals surface area contributed by atoms with Crippen LogP contribution in [0, 0.1) is 5.92 Å². The van der Waals surface area contributed by atoms with Gasteiger partial charge >= 0.3 is 0 Å². The molecule has 0 aromatic rings. The van der Waals surface area contributed by atoms with Gasteiger partial charge in [0.25, 0.3) is 0 Å². The molecule has 0 amide bonds. The Morgan fingerprint density at radius 1 is 1.62 bits per heavy atom. The van der Waals surface area contributed by atoms with Gasteiger partial charge in [0, 0.05) is 6.61 Å². The summed E-state index contributed by atoms with van der Waals surface area (Å²) in [6.07, 6.45) is 0.832. The Kier molecular flexibility index (Phi) is 6.80. The Bertz CT molecular complexity index is 164. The third-order valence-corrected chi connectivity index (χ3v) is 3.45. The van der Waals surface area contributed by atoms with Crippen molar-refractivity contribution in [1.29, 1.82) is 0 Å².